The number of benzene rings is 3. The molecule has 0 aliphatic rings. The Labute approximate surface area is 268 Å². The Morgan fingerprint density at radius 3 is 2.23 bits per heavy atom. The molecule has 232 valence electrons. The molecule has 0 saturated heterocycles. The molecule has 0 atom stereocenters. The molecule has 10 nitrogen and oxygen atoms in total. The van der Waals surface area contributed by atoms with Gasteiger partial charge in [0.05, 0.1) is 53.5 Å². The quantitative estimate of drug-likeness (QED) is 0.146. The summed E-state index contributed by atoms with van der Waals surface area (Å²) in [6.45, 7) is 6.59. The molecule has 1 heterocycles. The van der Waals surface area contributed by atoms with Crippen molar-refractivity contribution >= 4 is 52.5 Å². The molecule has 0 bridgehead atoms. The monoisotopic (exact) mass is 661 g/mol. The molecule has 0 fully saturated rings. The highest BCUT2D eigenvalue weighted by Gasteiger charge is 2.21. The lowest BCUT2D eigenvalue weighted by atomic mass is 10.1. The summed E-state index contributed by atoms with van der Waals surface area (Å²) < 4.78 is 32.8. The number of ether oxygens (including phenoxy) is 3. The second-order valence-corrected chi connectivity index (χ2v) is 10.7. The first-order valence-electron chi connectivity index (χ1n) is 13.7. The van der Waals surface area contributed by atoms with Gasteiger partial charge in [0.2, 0.25) is 11.7 Å². The Kier molecular flexibility index (Phi) is 11.7. The lowest BCUT2D eigenvalue weighted by Crippen LogP contribution is -2.25. The van der Waals surface area contributed by atoms with Crippen LogP contribution < -0.4 is 24.8 Å². The van der Waals surface area contributed by atoms with Crippen LogP contribution in [0.3, 0.4) is 0 Å². The van der Waals surface area contributed by atoms with Crippen LogP contribution in [0.4, 0.5) is 10.1 Å². The average Bonchev–Trinajstić information content (AvgIpc) is 3.42. The van der Waals surface area contributed by atoms with Crippen LogP contribution in [-0.4, -0.2) is 52.2 Å². The molecule has 0 radical (unpaired) electrons. The number of thioether (sulfide) groups is 1. The van der Waals surface area contributed by atoms with Crippen molar-refractivity contribution in [2.45, 2.75) is 32.5 Å². The second-order valence-electron chi connectivity index (χ2n) is 8.93. The summed E-state index contributed by atoms with van der Waals surface area (Å²) in [7, 11) is 0. The first-order valence-corrected chi connectivity index (χ1v) is 15.4. The van der Waals surface area contributed by atoms with Crippen molar-refractivity contribution in [1.29, 1.82) is 0 Å². The minimum absolute atomic E-state index is 0.0325. The predicted molar refractivity (Wildman–Crippen MR) is 168 cm³/mol. The first-order chi connectivity index (χ1) is 21.2. The number of nitrogens with zero attached hydrogens (tertiary/aromatic N) is 3. The molecule has 0 spiro atoms. The minimum Gasteiger partial charge on any atom is -0.490 e. The van der Waals surface area contributed by atoms with Crippen molar-refractivity contribution in [1.82, 2.24) is 20.1 Å². The molecule has 0 aliphatic heterocycles. The number of amides is 2. The SMILES string of the molecule is CCOc1cc(C(=O)NCc2nnc(SCC(=O)Nc3ccccc3F)n2-c2ccc(Cl)c(Cl)c2)cc(OCC)c1OCC. The van der Waals surface area contributed by atoms with Crippen LogP contribution in [0.15, 0.2) is 59.8 Å². The van der Waals surface area contributed by atoms with Gasteiger partial charge in [0, 0.05) is 5.56 Å². The first kappa shape index (κ1) is 32.9. The third-order valence-electron chi connectivity index (χ3n) is 5.92. The van der Waals surface area contributed by atoms with Gasteiger partial charge in [-0.05, 0) is 63.2 Å². The summed E-state index contributed by atoms with van der Waals surface area (Å²) in [5, 5.41) is 14.9. The van der Waals surface area contributed by atoms with Crippen LogP contribution in [0.2, 0.25) is 10.0 Å². The highest BCUT2D eigenvalue weighted by atomic mass is 35.5. The molecule has 0 saturated carbocycles. The van der Waals surface area contributed by atoms with E-state index in [1.54, 1.807) is 41.0 Å². The molecule has 1 aromatic heterocycles. The maximum Gasteiger partial charge on any atom is 0.251 e. The summed E-state index contributed by atoms with van der Waals surface area (Å²) in [5.74, 6) is 0.0573. The molecule has 0 unspecified atom stereocenters. The minimum atomic E-state index is -0.544. The highest BCUT2D eigenvalue weighted by molar-refractivity contribution is 7.99. The van der Waals surface area contributed by atoms with Gasteiger partial charge in [0.1, 0.15) is 5.82 Å². The number of nitrogens with one attached hydrogen (secondary N) is 2. The van der Waals surface area contributed by atoms with Crippen LogP contribution in [0.1, 0.15) is 37.0 Å². The summed E-state index contributed by atoms with van der Waals surface area (Å²) >= 11 is 13.5. The second kappa shape index (κ2) is 15.6. The predicted octanol–water partition coefficient (Wildman–Crippen LogP) is 6.57. The van der Waals surface area contributed by atoms with Gasteiger partial charge in [-0.1, -0.05) is 47.1 Å². The standard InChI is InChI=1S/C30H30Cl2FN5O5S/c1-4-41-24-13-18(14-25(42-5-2)28(24)43-6-3)29(40)34-16-26-36-37-30(38(26)19-11-12-20(31)21(32)15-19)44-17-27(39)35-23-10-8-7-9-22(23)33/h7-15H,4-6,16-17H2,1-3H3,(H,34,40)(H,35,39). The Morgan fingerprint density at radius 2 is 1.59 bits per heavy atom. The lowest BCUT2D eigenvalue weighted by molar-refractivity contribution is -0.113. The molecule has 14 heteroatoms. The zero-order chi connectivity index (χ0) is 31.6. The summed E-state index contributed by atoms with van der Waals surface area (Å²) in [6.07, 6.45) is 0. The Morgan fingerprint density at radius 1 is 0.909 bits per heavy atom. The summed E-state index contributed by atoms with van der Waals surface area (Å²) in [5.41, 5.74) is 0.922. The molecule has 2 amide bonds. The van der Waals surface area contributed by atoms with Gasteiger partial charge in [-0.25, -0.2) is 4.39 Å². The van der Waals surface area contributed by atoms with Gasteiger partial charge in [0.15, 0.2) is 22.5 Å². The van der Waals surface area contributed by atoms with Crippen molar-refractivity contribution in [3.63, 3.8) is 0 Å². The zero-order valence-electron chi connectivity index (χ0n) is 24.2. The van der Waals surface area contributed by atoms with E-state index in [0.717, 1.165) is 11.8 Å². The highest BCUT2D eigenvalue weighted by Crippen LogP contribution is 2.39. The zero-order valence-corrected chi connectivity index (χ0v) is 26.5. The molecule has 4 aromatic rings. The van der Waals surface area contributed by atoms with Crippen molar-refractivity contribution in [3.05, 3.63) is 81.8 Å². The smallest absolute Gasteiger partial charge is 0.251 e. The van der Waals surface area contributed by atoms with E-state index in [2.05, 4.69) is 20.8 Å². The van der Waals surface area contributed by atoms with Crippen LogP contribution in [0.25, 0.3) is 5.69 Å². The van der Waals surface area contributed by atoms with Gasteiger partial charge < -0.3 is 24.8 Å². The largest absolute Gasteiger partial charge is 0.490 e. The summed E-state index contributed by atoms with van der Waals surface area (Å²) in [4.78, 5) is 25.9. The van der Waals surface area contributed by atoms with Crippen LogP contribution in [0, 0.1) is 5.82 Å². The van der Waals surface area contributed by atoms with E-state index in [9.17, 15) is 14.0 Å². The lowest BCUT2D eigenvalue weighted by Gasteiger charge is -2.17. The third kappa shape index (κ3) is 8.13. The van der Waals surface area contributed by atoms with Crippen molar-refractivity contribution in [2.24, 2.45) is 0 Å². The van der Waals surface area contributed by atoms with E-state index in [-0.39, 0.29) is 18.0 Å². The fourth-order valence-electron chi connectivity index (χ4n) is 4.05. The van der Waals surface area contributed by atoms with E-state index in [1.165, 1.54) is 18.2 Å². The van der Waals surface area contributed by atoms with Gasteiger partial charge in [-0.2, -0.15) is 0 Å². The number of hydrogen-bond donors (Lipinski definition) is 2. The number of carbonyl (C=O) groups excluding carboxylic acids is 2. The van der Waals surface area contributed by atoms with E-state index < -0.39 is 17.6 Å². The number of aromatic nitrogens is 3. The van der Waals surface area contributed by atoms with Crippen molar-refractivity contribution in [2.75, 3.05) is 30.9 Å². The topological polar surface area (TPSA) is 117 Å². The number of carbonyl (C=O) groups is 2. The van der Waals surface area contributed by atoms with E-state index in [1.807, 2.05) is 20.8 Å². The Hall–Kier alpha value is -4.00. The summed E-state index contributed by atoms with van der Waals surface area (Å²) in [6, 6.07) is 14.0. The van der Waals surface area contributed by atoms with E-state index in [0.29, 0.717) is 69.3 Å². The molecule has 4 rings (SSSR count). The normalized spacial score (nSPS) is 10.8. The van der Waals surface area contributed by atoms with Crippen LogP contribution in [0.5, 0.6) is 17.2 Å². The fraction of sp³-hybridized carbons (Fsp3) is 0.267. The molecular formula is C30H30Cl2FN5O5S. The molecule has 0 aliphatic carbocycles. The molecule has 2 N–H and O–H groups in total. The number of rotatable bonds is 14. The average molecular weight is 663 g/mol. The van der Waals surface area contributed by atoms with E-state index in [4.69, 9.17) is 37.4 Å². The van der Waals surface area contributed by atoms with E-state index >= 15 is 0 Å². The Balaban J connectivity index is 1.57. The number of halogens is 3. The molecular weight excluding hydrogens is 632 g/mol. The van der Waals surface area contributed by atoms with Gasteiger partial charge >= 0.3 is 0 Å². The number of anilines is 1. The Bertz CT molecular complexity index is 1610. The molecule has 44 heavy (non-hydrogen) atoms. The van der Waals surface area contributed by atoms with Gasteiger partial charge in [0.25, 0.3) is 5.91 Å². The van der Waals surface area contributed by atoms with Crippen molar-refractivity contribution < 1.29 is 28.2 Å². The third-order valence-corrected chi connectivity index (χ3v) is 7.59. The van der Waals surface area contributed by atoms with Crippen LogP contribution in [-0.2, 0) is 11.3 Å². The fourth-order valence-corrected chi connectivity index (χ4v) is 5.12. The molecule has 3 aromatic carbocycles. The number of para-hydroxylation sites is 1. The van der Waals surface area contributed by atoms with Crippen molar-refractivity contribution in [3.8, 4) is 22.9 Å². The van der Waals surface area contributed by atoms with Crippen LogP contribution >= 0.6 is 35.0 Å². The number of hydrogen-bond acceptors (Lipinski definition) is 8. The maximum absolute atomic E-state index is 14.0. The van der Waals surface area contributed by atoms with Gasteiger partial charge in [-0.3, -0.25) is 14.2 Å². The maximum atomic E-state index is 14.0. The van der Waals surface area contributed by atoms with Gasteiger partial charge in [-0.15, -0.1) is 10.2 Å².